The number of carbonyl (C=O) groups is 2. The van der Waals surface area contributed by atoms with E-state index in [-0.39, 0.29) is 24.3 Å². The number of hydrogen-bond donors (Lipinski definition) is 3. The van der Waals surface area contributed by atoms with Gasteiger partial charge in [-0.1, -0.05) is 24.0 Å². The van der Waals surface area contributed by atoms with Gasteiger partial charge in [-0.2, -0.15) is 0 Å². The average molecular weight is 331 g/mol. The number of rotatable bonds is 9. The third kappa shape index (κ3) is 8.93. The SMILES string of the molecule is CNC(=O)CCC#Cc1ccc(COCC(N)CCC(N)=O)cc1. The van der Waals surface area contributed by atoms with Crippen molar-refractivity contribution in [3.8, 4) is 11.8 Å². The van der Waals surface area contributed by atoms with Crippen molar-refractivity contribution >= 4 is 11.8 Å². The van der Waals surface area contributed by atoms with Gasteiger partial charge < -0.3 is 21.5 Å². The number of nitrogens with two attached hydrogens (primary N) is 2. The normalized spacial score (nSPS) is 11.2. The zero-order valence-electron chi connectivity index (χ0n) is 14.0. The van der Waals surface area contributed by atoms with Crippen LogP contribution in [0.1, 0.15) is 36.8 Å². The Balaban J connectivity index is 2.30. The Kier molecular flexibility index (Phi) is 9.20. The number of hydrogen-bond acceptors (Lipinski definition) is 4. The summed E-state index contributed by atoms with van der Waals surface area (Å²) in [4.78, 5) is 21.7. The Hall–Kier alpha value is -2.36. The molecule has 0 aliphatic rings. The van der Waals surface area contributed by atoms with E-state index in [4.69, 9.17) is 16.2 Å². The molecular weight excluding hydrogens is 306 g/mol. The monoisotopic (exact) mass is 331 g/mol. The lowest BCUT2D eigenvalue weighted by Crippen LogP contribution is -2.28. The summed E-state index contributed by atoms with van der Waals surface area (Å²) >= 11 is 0. The molecule has 1 unspecified atom stereocenters. The molecule has 0 saturated carbocycles. The lowest BCUT2D eigenvalue weighted by molar-refractivity contribution is -0.120. The van der Waals surface area contributed by atoms with Crippen LogP contribution in [-0.2, 0) is 20.9 Å². The Bertz CT molecular complexity index is 588. The molecule has 0 heterocycles. The van der Waals surface area contributed by atoms with E-state index >= 15 is 0 Å². The lowest BCUT2D eigenvalue weighted by atomic mass is 10.1. The van der Waals surface area contributed by atoms with Crippen LogP contribution in [0.15, 0.2) is 24.3 Å². The van der Waals surface area contributed by atoms with Crippen molar-refractivity contribution in [1.82, 2.24) is 5.32 Å². The van der Waals surface area contributed by atoms with Crippen LogP contribution in [0.4, 0.5) is 0 Å². The fourth-order valence-electron chi connectivity index (χ4n) is 1.89. The van der Waals surface area contributed by atoms with Crippen molar-refractivity contribution in [3.63, 3.8) is 0 Å². The van der Waals surface area contributed by atoms with E-state index < -0.39 is 0 Å². The number of nitrogens with one attached hydrogen (secondary N) is 1. The summed E-state index contributed by atoms with van der Waals surface area (Å²) in [6.45, 7) is 0.836. The molecule has 6 heteroatoms. The van der Waals surface area contributed by atoms with E-state index in [2.05, 4.69) is 17.2 Å². The van der Waals surface area contributed by atoms with Crippen molar-refractivity contribution in [2.45, 2.75) is 38.3 Å². The maximum absolute atomic E-state index is 11.1. The Morgan fingerprint density at radius 3 is 2.58 bits per heavy atom. The first kappa shape index (κ1) is 19.7. The second-order valence-electron chi connectivity index (χ2n) is 5.45. The molecule has 0 aromatic heterocycles. The van der Waals surface area contributed by atoms with Crippen LogP contribution in [-0.4, -0.2) is 31.5 Å². The Morgan fingerprint density at radius 1 is 1.25 bits per heavy atom. The highest BCUT2D eigenvalue weighted by atomic mass is 16.5. The molecule has 130 valence electrons. The molecule has 1 aromatic rings. The number of primary amides is 1. The maximum atomic E-state index is 11.1. The molecule has 0 fully saturated rings. The predicted octanol–water partition coefficient (Wildman–Crippen LogP) is 0.674. The van der Waals surface area contributed by atoms with E-state index in [1.165, 1.54) is 0 Å². The van der Waals surface area contributed by atoms with Crippen molar-refractivity contribution in [3.05, 3.63) is 35.4 Å². The van der Waals surface area contributed by atoms with Gasteiger partial charge in [0.2, 0.25) is 11.8 Å². The molecule has 1 aromatic carbocycles. The standard InChI is InChI=1S/C18H25N3O3/c1-21-18(23)5-3-2-4-14-6-8-15(9-7-14)12-24-13-16(19)10-11-17(20)22/h6-9,16H,3,5,10-13,19H2,1H3,(H2,20,22)(H,21,23). The summed E-state index contributed by atoms with van der Waals surface area (Å²) < 4.78 is 5.53. The van der Waals surface area contributed by atoms with Crippen molar-refractivity contribution in [2.75, 3.05) is 13.7 Å². The molecule has 1 atom stereocenters. The van der Waals surface area contributed by atoms with E-state index in [1.807, 2.05) is 24.3 Å². The molecule has 1 rings (SSSR count). The fourth-order valence-corrected chi connectivity index (χ4v) is 1.89. The maximum Gasteiger partial charge on any atom is 0.220 e. The van der Waals surface area contributed by atoms with E-state index in [0.29, 0.717) is 32.5 Å². The van der Waals surface area contributed by atoms with Crippen LogP contribution in [0, 0.1) is 11.8 Å². The van der Waals surface area contributed by atoms with Gasteiger partial charge in [0, 0.05) is 37.9 Å². The zero-order chi connectivity index (χ0) is 17.8. The number of benzene rings is 1. The van der Waals surface area contributed by atoms with E-state index in [1.54, 1.807) is 7.05 Å². The minimum absolute atomic E-state index is 0.00849. The number of amides is 2. The lowest BCUT2D eigenvalue weighted by Gasteiger charge is -2.11. The average Bonchev–Trinajstić information content (AvgIpc) is 2.58. The van der Waals surface area contributed by atoms with Crippen LogP contribution < -0.4 is 16.8 Å². The van der Waals surface area contributed by atoms with Gasteiger partial charge in [0.1, 0.15) is 0 Å². The molecule has 0 saturated heterocycles. The van der Waals surface area contributed by atoms with Gasteiger partial charge in [0.05, 0.1) is 13.2 Å². The van der Waals surface area contributed by atoms with Gasteiger partial charge in [-0.15, -0.1) is 0 Å². The topological polar surface area (TPSA) is 107 Å². The minimum atomic E-state index is -0.350. The molecule has 6 nitrogen and oxygen atoms in total. The summed E-state index contributed by atoms with van der Waals surface area (Å²) in [6, 6.07) is 7.52. The summed E-state index contributed by atoms with van der Waals surface area (Å²) in [7, 11) is 1.61. The zero-order valence-corrected chi connectivity index (χ0v) is 14.0. The van der Waals surface area contributed by atoms with Crippen LogP contribution >= 0.6 is 0 Å². The summed E-state index contributed by atoms with van der Waals surface area (Å²) in [6.07, 6.45) is 1.75. The van der Waals surface area contributed by atoms with Gasteiger partial charge in [-0.05, 0) is 24.1 Å². The Morgan fingerprint density at radius 2 is 1.96 bits per heavy atom. The van der Waals surface area contributed by atoms with Crippen molar-refractivity contribution in [2.24, 2.45) is 11.5 Å². The number of ether oxygens (including phenoxy) is 1. The van der Waals surface area contributed by atoms with Gasteiger partial charge in [-0.3, -0.25) is 9.59 Å². The molecule has 24 heavy (non-hydrogen) atoms. The highest BCUT2D eigenvalue weighted by Gasteiger charge is 2.05. The predicted molar refractivity (Wildman–Crippen MR) is 92.7 cm³/mol. The highest BCUT2D eigenvalue weighted by molar-refractivity contribution is 5.75. The van der Waals surface area contributed by atoms with Crippen LogP contribution in [0.3, 0.4) is 0 Å². The molecule has 2 amide bonds. The summed E-state index contributed by atoms with van der Waals surface area (Å²) in [5.74, 6) is 5.63. The molecule has 0 aliphatic carbocycles. The first-order valence-electron chi connectivity index (χ1n) is 7.91. The minimum Gasteiger partial charge on any atom is -0.375 e. The molecule has 0 radical (unpaired) electrons. The molecule has 0 aliphatic heterocycles. The van der Waals surface area contributed by atoms with Crippen molar-refractivity contribution in [1.29, 1.82) is 0 Å². The van der Waals surface area contributed by atoms with E-state index in [0.717, 1.165) is 11.1 Å². The number of carbonyl (C=O) groups excluding carboxylic acids is 2. The molecule has 0 spiro atoms. The largest absolute Gasteiger partial charge is 0.375 e. The first-order valence-corrected chi connectivity index (χ1v) is 7.91. The van der Waals surface area contributed by atoms with Gasteiger partial charge in [-0.25, -0.2) is 0 Å². The van der Waals surface area contributed by atoms with Crippen LogP contribution in [0.5, 0.6) is 0 Å². The van der Waals surface area contributed by atoms with Crippen LogP contribution in [0.2, 0.25) is 0 Å². The second-order valence-corrected chi connectivity index (χ2v) is 5.45. The van der Waals surface area contributed by atoms with Gasteiger partial charge >= 0.3 is 0 Å². The third-order valence-corrected chi connectivity index (χ3v) is 3.30. The van der Waals surface area contributed by atoms with Crippen LogP contribution in [0.25, 0.3) is 0 Å². The van der Waals surface area contributed by atoms with Gasteiger partial charge in [0.15, 0.2) is 0 Å². The molecule has 0 bridgehead atoms. The summed E-state index contributed by atoms with van der Waals surface area (Å²) in [5, 5.41) is 2.56. The fraction of sp³-hybridized carbons (Fsp3) is 0.444. The van der Waals surface area contributed by atoms with Gasteiger partial charge in [0.25, 0.3) is 0 Å². The van der Waals surface area contributed by atoms with Crippen molar-refractivity contribution < 1.29 is 14.3 Å². The first-order chi connectivity index (χ1) is 11.5. The smallest absolute Gasteiger partial charge is 0.220 e. The second kappa shape index (κ2) is 11.2. The third-order valence-electron chi connectivity index (χ3n) is 3.30. The van der Waals surface area contributed by atoms with E-state index in [9.17, 15) is 9.59 Å². The molecular formula is C18H25N3O3. The molecule has 5 N–H and O–H groups in total. The Labute approximate surface area is 142 Å². The highest BCUT2D eigenvalue weighted by Crippen LogP contribution is 2.06. The quantitative estimate of drug-likeness (QED) is 0.578. The summed E-state index contributed by atoms with van der Waals surface area (Å²) in [5.41, 5.74) is 12.8.